The maximum Gasteiger partial charge on any atom is 0.249 e. The molecule has 0 aliphatic carbocycles. The number of hydroxylamine groups is 1. The van der Waals surface area contributed by atoms with Gasteiger partial charge < -0.3 is 4.90 Å². The lowest BCUT2D eigenvalue weighted by Gasteiger charge is -2.38. The predicted molar refractivity (Wildman–Crippen MR) is 73.9 cm³/mol. The second-order valence-electron chi connectivity index (χ2n) is 5.51. The Balaban J connectivity index is 2.04. The van der Waals surface area contributed by atoms with Crippen molar-refractivity contribution in [2.75, 3.05) is 20.1 Å². The molecule has 0 saturated carbocycles. The fraction of sp³-hybridized carbons (Fsp3) is 0.533. The van der Waals surface area contributed by atoms with E-state index in [1.807, 2.05) is 23.7 Å². The summed E-state index contributed by atoms with van der Waals surface area (Å²) in [7, 11) is 2.07. The van der Waals surface area contributed by atoms with Gasteiger partial charge in [0.2, 0.25) is 5.91 Å². The lowest BCUT2D eigenvalue weighted by molar-refractivity contribution is -0.143. The number of likely N-dealkylation sites (tertiary alicyclic amines) is 1. The van der Waals surface area contributed by atoms with Crippen molar-refractivity contribution in [1.29, 1.82) is 0 Å². The molecule has 104 valence electrons. The average Bonchev–Trinajstić information content (AvgIpc) is 2.47. The van der Waals surface area contributed by atoms with Crippen molar-refractivity contribution in [2.45, 2.75) is 25.7 Å². The van der Waals surface area contributed by atoms with Gasteiger partial charge in [-0.05, 0) is 51.4 Å². The minimum Gasteiger partial charge on any atom is -0.306 e. The predicted octanol–water partition coefficient (Wildman–Crippen LogP) is 1.84. The number of hydrogen-bond donors (Lipinski definition) is 2. The molecular weight excluding hydrogens is 240 g/mol. The zero-order valence-corrected chi connectivity index (χ0v) is 11.4. The minimum atomic E-state index is -0.420. The van der Waals surface area contributed by atoms with Gasteiger partial charge in [-0.15, -0.1) is 0 Å². The number of rotatable bonds is 4. The number of carbonyl (C=O) groups excluding carboxylic acids is 1. The molecule has 0 atom stereocenters. The van der Waals surface area contributed by atoms with E-state index in [9.17, 15) is 4.79 Å². The van der Waals surface area contributed by atoms with Gasteiger partial charge in [0.1, 0.15) is 0 Å². The van der Waals surface area contributed by atoms with Crippen molar-refractivity contribution < 1.29 is 10.0 Å². The summed E-state index contributed by atoms with van der Waals surface area (Å²) < 4.78 is 0. The van der Waals surface area contributed by atoms with E-state index < -0.39 is 5.41 Å². The van der Waals surface area contributed by atoms with E-state index in [1.54, 1.807) is 0 Å². The molecule has 1 saturated heterocycles. The highest BCUT2D eigenvalue weighted by molar-refractivity contribution is 5.81. The van der Waals surface area contributed by atoms with Crippen LogP contribution in [0.4, 0.5) is 0 Å². The SMILES string of the molecule is CN1CCC(CCc2ccccc2)(C(=O)NO)CC1. The third kappa shape index (κ3) is 3.33. The van der Waals surface area contributed by atoms with Crippen LogP contribution in [0.15, 0.2) is 30.3 Å². The average molecular weight is 262 g/mol. The second-order valence-corrected chi connectivity index (χ2v) is 5.51. The lowest BCUT2D eigenvalue weighted by atomic mass is 9.73. The molecule has 0 radical (unpaired) electrons. The van der Waals surface area contributed by atoms with Gasteiger partial charge in [-0.25, -0.2) is 5.48 Å². The quantitative estimate of drug-likeness (QED) is 0.643. The van der Waals surface area contributed by atoms with Crippen LogP contribution in [0.3, 0.4) is 0 Å². The molecule has 1 aromatic rings. The molecule has 0 unspecified atom stereocenters. The molecule has 0 bridgehead atoms. The van der Waals surface area contributed by atoms with Crippen LogP contribution in [0.1, 0.15) is 24.8 Å². The van der Waals surface area contributed by atoms with Gasteiger partial charge in [0.05, 0.1) is 5.41 Å². The van der Waals surface area contributed by atoms with E-state index in [-0.39, 0.29) is 5.91 Å². The molecule has 0 aromatic heterocycles. The highest BCUT2D eigenvalue weighted by atomic mass is 16.5. The second kappa shape index (κ2) is 6.17. The number of nitrogens with zero attached hydrogens (tertiary/aromatic N) is 1. The molecule has 1 aromatic carbocycles. The Bertz CT molecular complexity index is 411. The first kappa shape index (κ1) is 14.0. The summed E-state index contributed by atoms with van der Waals surface area (Å²) in [5, 5.41) is 9.00. The molecule has 0 spiro atoms. The third-order valence-corrected chi connectivity index (χ3v) is 4.26. The topological polar surface area (TPSA) is 52.6 Å². The zero-order valence-electron chi connectivity index (χ0n) is 11.4. The Hall–Kier alpha value is -1.39. The summed E-state index contributed by atoms with van der Waals surface area (Å²) in [6.07, 6.45) is 3.28. The highest BCUT2D eigenvalue weighted by Gasteiger charge is 2.40. The van der Waals surface area contributed by atoms with Crippen molar-refractivity contribution in [3.8, 4) is 0 Å². The monoisotopic (exact) mass is 262 g/mol. The van der Waals surface area contributed by atoms with Crippen molar-refractivity contribution in [3.63, 3.8) is 0 Å². The van der Waals surface area contributed by atoms with Crippen LogP contribution in [0.2, 0.25) is 0 Å². The Morgan fingerprint density at radius 3 is 2.53 bits per heavy atom. The van der Waals surface area contributed by atoms with Crippen LogP contribution in [0, 0.1) is 5.41 Å². The molecule has 1 aliphatic heterocycles. The Labute approximate surface area is 114 Å². The van der Waals surface area contributed by atoms with E-state index in [0.717, 1.165) is 38.8 Å². The van der Waals surface area contributed by atoms with Crippen molar-refractivity contribution in [3.05, 3.63) is 35.9 Å². The first-order valence-corrected chi connectivity index (χ1v) is 6.83. The molecule has 4 heteroatoms. The van der Waals surface area contributed by atoms with Gasteiger partial charge in [0.15, 0.2) is 0 Å². The lowest BCUT2D eigenvalue weighted by Crippen LogP contribution is -2.47. The van der Waals surface area contributed by atoms with Crippen molar-refractivity contribution in [2.24, 2.45) is 5.41 Å². The number of hydrogen-bond acceptors (Lipinski definition) is 3. The molecule has 1 fully saturated rings. The van der Waals surface area contributed by atoms with E-state index in [1.165, 1.54) is 5.56 Å². The van der Waals surface area contributed by atoms with Gasteiger partial charge >= 0.3 is 0 Å². The summed E-state index contributed by atoms with van der Waals surface area (Å²) in [6.45, 7) is 1.81. The summed E-state index contributed by atoms with van der Waals surface area (Å²) in [6, 6.07) is 10.2. The van der Waals surface area contributed by atoms with Crippen molar-refractivity contribution >= 4 is 5.91 Å². The molecular formula is C15H22N2O2. The fourth-order valence-electron chi connectivity index (χ4n) is 2.78. The number of aryl methyl sites for hydroxylation is 1. The third-order valence-electron chi connectivity index (χ3n) is 4.26. The van der Waals surface area contributed by atoms with Crippen LogP contribution in [0.25, 0.3) is 0 Å². The normalized spacial score (nSPS) is 19.1. The van der Waals surface area contributed by atoms with Crippen LogP contribution in [-0.2, 0) is 11.2 Å². The Morgan fingerprint density at radius 2 is 1.95 bits per heavy atom. The van der Waals surface area contributed by atoms with Gasteiger partial charge in [-0.3, -0.25) is 10.0 Å². The molecule has 1 amide bonds. The number of benzene rings is 1. The molecule has 2 N–H and O–H groups in total. The van der Waals surface area contributed by atoms with Crippen LogP contribution < -0.4 is 5.48 Å². The van der Waals surface area contributed by atoms with E-state index in [4.69, 9.17) is 5.21 Å². The minimum absolute atomic E-state index is 0.225. The van der Waals surface area contributed by atoms with Gasteiger partial charge in [-0.2, -0.15) is 0 Å². The summed E-state index contributed by atoms with van der Waals surface area (Å²) >= 11 is 0. The van der Waals surface area contributed by atoms with Crippen molar-refractivity contribution in [1.82, 2.24) is 10.4 Å². The molecule has 19 heavy (non-hydrogen) atoms. The Kier molecular flexibility index (Phi) is 4.56. The standard InChI is InChI=1S/C15H22N2O2/c1-17-11-9-15(10-12-17,14(18)16-19)8-7-13-5-3-2-4-6-13/h2-6,19H,7-12H2,1H3,(H,16,18). The van der Waals surface area contributed by atoms with Gasteiger partial charge in [-0.1, -0.05) is 30.3 Å². The fourth-order valence-corrected chi connectivity index (χ4v) is 2.78. The first-order chi connectivity index (χ1) is 9.16. The van der Waals surface area contributed by atoms with Crippen LogP contribution >= 0.6 is 0 Å². The smallest absolute Gasteiger partial charge is 0.249 e. The summed E-state index contributed by atoms with van der Waals surface area (Å²) in [5.74, 6) is -0.225. The largest absolute Gasteiger partial charge is 0.306 e. The van der Waals surface area contributed by atoms with Gasteiger partial charge in [0.25, 0.3) is 0 Å². The first-order valence-electron chi connectivity index (χ1n) is 6.83. The Morgan fingerprint density at radius 1 is 1.32 bits per heavy atom. The van der Waals surface area contributed by atoms with Crippen LogP contribution in [-0.4, -0.2) is 36.2 Å². The summed E-state index contributed by atoms with van der Waals surface area (Å²) in [5.41, 5.74) is 2.69. The maximum atomic E-state index is 12.0. The molecule has 1 heterocycles. The highest BCUT2D eigenvalue weighted by Crippen LogP contribution is 2.36. The maximum absolute atomic E-state index is 12.0. The summed E-state index contributed by atoms with van der Waals surface area (Å²) in [4.78, 5) is 14.3. The van der Waals surface area contributed by atoms with E-state index in [0.29, 0.717) is 0 Å². The van der Waals surface area contributed by atoms with Gasteiger partial charge in [0, 0.05) is 0 Å². The molecule has 4 nitrogen and oxygen atoms in total. The number of piperidine rings is 1. The van der Waals surface area contributed by atoms with Crippen LogP contribution in [0.5, 0.6) is 0 Å². The number of carbonyl (C=O) groups is 1. The molecule has 2 rings (SSSR count). The number of amides is 1. The van der Waals surface area contributed by atoms with E-state index in [2.05, 4.69) is 24.1 Å². The zero-order chi connectivity index (χ0) is 13.7. The van der Waals surface area contributed by atoms with E-state index >= 15 is 0 Å². The number of nitrogens with one attached hydrogen (secondary N) is 1. The molecule has 1 aliphatic rings.